The Morgan fingerprint density at radius 2 is 1.76 bits per heavy atom. The number of hydrogen-bond acceptors (Lipinski definition) is 5. The van der Waals surface area contributed by atoms with Gasteiger partial charge in [-0.3, -0.25) is 9.59 Å². The van der Waals surface area contributed by atoms with Crippen LogP contribution in [0.2, 0.25) is 0 Å². The quantitative estimate of drug-likeness (QED) is 0.120. The molecule has 41 heavy (non-hydrogen) atoms. The van der Waals surface area contributed by atoms with E-state index in [9.17, 15) is 9.59 Å². The first kappa shape index (κ1) is 28.1. The van der Waals surface area contributed by atoms with E-state index in [0.717, 1.165) is 28.9 Å². The molecule has 7 nitrogen and oxygen atoms in total. The molecule has 2 amide bonds. The number of carbonyl (C=O) groups is 2. The smallest absolute Gasteiger partial charge is 0.258 e. The second-order valence-electron chi connectivity index (χ2n) is 9.58. The van der Waals surface area contributed by atoms with E-state index in [0.29, 0.717) is 39.7 Å². The van der Waals surface area contributed by atoms with Gasteiger partial charge in [0.05, 0.1) is 17.3 Å². The van der Waals surface area contributed by atoms with Crippen LogP contribution >= 0.6 is 23.6 Å². The first-order valence-electron chi connectivity index (χ1n) is 13.4. The SMILES string of the molecule is CCNC(=S)Nc1ccccc1CN/C(=C1\C(=O)Nc2ccc(C(=O)N[C@H](C)c3ccccc3)cc21)c1ccsc1. The summed E-state index contributed by atoms with van der Waals surface area (Å²) in [6.07, 6.45) is 0. The minimum absolute atomic E-state index is 0.163. The molecule has 9 heteroatoms. The summed E-state index contributed by atoms with van der Waals surface area (Å²) in [4.78, 5) is 26.6. The van der Waals surface area contributed by atoms with Gasteiger partial charge in [0.15, 0.2) is 5.11 Å². The maximum Gasteiger partial charge on any atom is 0.258 e. The Labute approximate surface area is 249 Å². The summed E-state index contributed by atoms with van der Waals surface area (Å²) in [6.45, 7) is 5.11. The second kappa shape index (κ2) is 12.8. The van der Waals surface area contributed by atoms with Crippen molar-refractivity contribution in [3.05, 3.63) is 117 Å². The van der Waals surface area contributed by atoms with Crippen molar-refractivity contribution in [1.82, 2.24) is 16.0 Å². The molecule has 0 saturated heterocycles. The van der Waals surface area contributed by atoms with Crippen LogP contribution in [0.3, 0.4) is 0 Å². The van der Waals surface area contributed by atoms with Crippen LogP contribution in [0.25, 0.3) is 11.3 Å². The van der Waals surface area contributed by atoms with Crippen LogP contribution in [-0.4, -0.2) is 23.5 Å². The van der Waals surface area contributed by atoms with Gasteiger partial charge in [0.2, 0.25) is 0 Å². The molecule has 0 radical (unpaired) electrons. The number of hydrogen-bond donors (Lipinski definition) is 5. The molecular formula is C32H31N5O2S2. The van der Waals surface area contributed by atoms with E-state index in [1.165, 1.54) is 0 Å². The minimum atomic E-state index is -0.219. The number of para-hydroxylation sites is 1. The van der Waals surface area contributed by atoms with E-state index in [-0.39, 0.29) is 17.9 Å². The molecule has 0 aliphatic carbocycles. The van der Waals surface area contributed by atoms with Crippen molar-refractivity contribution < 1.29 is 9.59 Å². The minimum Gasteiger partial charge on any atom is -0.380 e. The molecule has 5 rings (SSSR count). The lowest BCUT2D eigenvalue weighted by molar-refractivity contribution is -0.110. The zero-order valence-electron chi connectivity index (χ0n) is 22.8. The Morgan fingerprint density at radius 3 is 2.51 bits per heavy atom. The number of anilines is 2. The van der Waals surface area contributed by atoms with E-state index in [1.54, 1.807) is 29.5 Å². The molecule has 3 aromatic carbocycles. The van der Waals surface area contributed by atoms with Gasteiger partial charge in [-0.2, -0.15) is 11.3 Å². The molecule has 208 valence electrons. The fourth-order valence-electron chi connectivity index (χ4n) is 4.71. The third kappa shape index (κ3) is 6.48. The van der Waals surface area contributed by atoms with Crippen molar-refractivity contribution in [2.45, 2.75) is 26.4 Å². The van der Waals surface area contributed by atoms with E-state index in [1.807, 2.05) is 85.3 Å². The van der Waals surface area contributed by atoms with Crippen LogP contribution in [0.15, 0.2) is 89.6 Å². The van der Waals surface area contributed by atoms with Gasteiger partial charge >= 0.3 is 0 Å². The van der Waals surface area contributed by atoms with Crippen molar-refractivity contribution >= 4 is 63.1 Å². The number of thiocarbonyl (C=S) groups is 1. The largest absolute Gasteiger partial charge is 0.380 e. The molecule has 0 unspecified atom stereocenters. The Morgan fingerprint density at radius 1 is 0.976 bits per heavy atom. The van der Waals surface area contributed by atoms with Crippen molar-refractivity contribution in [3.8, 4) is 0 Å². The van der Waals surface area contributed by atoms with Gasteiger partial charge in [-0.25, -0.2) is 0 Å². The summed E-state index contributed by atoms with van der Waals surface area (Å²) in [5, 5.41) is 20.5. The standard InChI is InChI=1S/C32H31N5O2S2/c1-3-33-32(40)37-26-12-8-7-11-23(26)18-34-29(24-15-16-41-19-24)28-25-17-22(13-14-27(25)36-31(28)39)30(38)35-20(2)21-9-5-4-6-10-21/h4-17,19-20,34H,3,18H2,1-2H3,(H,35,38)(H,36,39)(H2,33,37,40)/b29-28-/t20-/m1/s1. The Hall–Kier alpha value is -4.47. The fourth-order valence-corrected chi connectivity index (χ4v) is 5.61. The van der Waals surface area contributed by atoms with Gasteiger partial charge in [0.1, 0.15) is 0 Å². The van der Waals surface area contributed by atoms with Crippen LogP contribution in [0.5, 0.6) is 0 Å². The zero-order valence-corrected chi connectivity index (χ0v) is 24.4. The maximum absolute atomic E-state index is 13.4. The molecule has 1 aliphatic heterocycles. The molecule has 0 fully saturated rings. The third-order valence-corrected chi connectivity index (χ3v) is 7.72. The topological polar surface area (TPSA) is 94.3 Å². The predicted molar refractivity (Wildman–Crippen MR) is 172 cm³/mol. The van der Waals surface area contributed by atoms with E-state index in [2.05, 4.69) is 26.6 Å². The van der Waals surface area contributed by atoms with E-state index >= 15 is 0 Å². The maximum atomic E-state index is 13.4. The van der Waals surface area contributed by atoms with Gasteiger partial charge in [-0.15, -0.1) is 0 Å². The van der Waals surface area contributed by atoms with Gasteiger partial charge < -0.3 is 26.6 Å². The first-order chi connectivity index (χ1) is 19.9. The monoisotopic (exact) mass is 581 g/mol. The van der Waals surface area contributed by atoms with Crippen LogP contribution in [0.1, 0.15) is 52.5 Å². The average Bonchev–Trinajstić information content (AvgIpc) is 3.62. The summed E-state index contributed by atoms with van der Waals surface area (Å²) in [6, 6.07) is 24.8. The lowest BCUT2D eigenvalue weighted by Crippen LogP contribution is -2.28. The number of benzene rings is 3. The lowest BCUT2D eigenvalue weighted by Gasteiger charge is -2.17. The fraction of sp³-hybridized carbons (Fsp3) is 0.156. The van der Waals surface area contributed by atoms with E-state index in [4.69, 9.17) is 12.2 Å². The highest BCUT2D eigenvalue weighted by atomic mass is 32.1. The first-order valence-corrected chi connectivity index (χ1v) is 14.7. The lowest BCUT2D eigenvalue weighted by atomic mass is 9.99. The van der Waals surface area contributed by atoms with Gasteiger partial charge in [0.25, 0.3) is 11.8 Å². The molecular weight excluding hydrogens is 551 g/mol. The van der Waals surface area contributed by atoms with E-state index < -0.39 is 0 Å². The summed E-state index contributed by atoms with van der Waals surface area (Å²) in [5.41, 5.74) is 6.81. The predicted octanol–water partition coefficient (Wildman–Crippen LogP) is 6.16. The van der Waals surface area contributed by atoms with Crippen LogP contribution in [0.4, 0.5) is 11.4 Å². The number of carbonyl (C=O) groups excluding carboxylic acids is 2. The average molecular weight is 582 g/mol. The second-order valence-corrected chi connectivity index (χ2v) is 10.8. The van der Waals surface area contributed by atoms with Gasteiger partial charge in [-0.05, 0) is 72.9 Å². The van der Waals surface area contributed by atoms with Crippen LogP contribution in [0, 0.1) is 0 Å². The molecule has 5 N–H and O–H groups in total. The van der Waals surface area contributed by atoms with Crippen molar-refractivity contribution in [2.24, 2.45) is 0 Å². The highest BCUT2D eigenvalue weighted by Crippen LogP contribution is 2.37. The normalized spacial score (nSPS) is 14.0. The molecule has 1 aliphatic rings. The molecule has 0 saturated carbocycles. The zero-order chi connectivity index (χ0) is 28.8. The van der Waals surface area contributed by atoms with Crippen molar-refractivity contribution in [1.29, 1.82) is 0 Å². The summed E-state index contributed by atoms with van der Waals surface area (Å²) in [5.74, 6) is -0.423. The molecule has 1 aromatic heterocycles. The van der Waals surface area contributed by atoms with Crippen LogP contribution in [-0.2, 0) is 11.3 Å². The molecule has 0 bridgehead atoms. The number of thiophene rings is 1. The molecule has 1 atom stereocenters. The molecule has 4 aromatic rings. The van der Waals surface area contributed by atoms with Crippen molar-refractivity contribution in [2.75, 3.05) is 17.2 Å². The Kier molecular flexibility index (Phi) is 8.76. The van der Waals surface area contributed by atoms with Crippen LogP contribution < -0.4 is 26.6 Å². The summed E-state index contributed by atoms with van der Waals surface area (Å²) in [7, 11) is 0. The number of nitrogens with one attached hydrogen (secondary N) is 5. The molecule has 0 spiro atoms. The number of rotatable bonds is 9. The van der Waals surface area contributed by atoms with Gasteiger partial charge in [0, 0.05) is 46.5 Å². The summed E-state index contributed by atoms with van der Waals surface area (Å²) >= 11 is 6.95. The third-order valence-electron chi connectivity index (χ3n) is 6.79. The Bertz CT molecular complexity index is 1600. The highest BCUT2D eigenvalue weighted by Gasteiger charge is 2.29. The molecule has 2 heterocycles. The number of fused-ring (bicyclic) bond motifs is 1. The highest BCUT2D eigenvalue weighted by molar-refractivity contribution is 7.80. The van der Waals surface area contributed by atoms with Gasteiger partial charge in [-0.1, -0.05) is 48.5 Å². The number of amides is 2. The van der Waals surface area contributed by atoms with Crippen molar-refractivity contribution in [3.63, 3.8) is 0 Å². The Balaban J connectivity index is 1.46. The summed E-state index contributed by atoms with van der Waals surface area (Å²) < 4.78 is 0.